The van der Waals surface area contributed by atoms with Crippen LogP contribution in [0.25, 0.3) is 0 Å². The van der Waals surface area contributed by atoms with E-state index in [9.17, 15) is 9.59 Å². The summed E-state index contributed by atoms with van der Waals surface area (Å²) >= 11 is 0. The van der Waals surface area contributed by atoms with Gasteiger partial charge in [-0.2, -0.15) is 0 Å². The van der Waals surface area contributed by atoms with Crippen molar-refractivity contribution in [3.8, 4) is 0 Å². The summed E-state index contributed by atoms with van der Waals surface area (Å²) < 4.78 is 5.08. The van der Waals surface area contributed by atoms with Crippen molar-refractivity contribution in [2.75, 3.05) is 19.8 Å². The summed E-state index contributed by atoms with van der Waals surface area (Å²) in [5.41, 5.74) is 5.88. The van der Waals surface area contributed by atoms with Gasteiger partial charge in [0.15, 0.2) is 6.04 Å². The van der Waals surface area contributed by atoms with Crippen LogP contribution in [0.15, 0.2) is 0 Å². The van der Waals surface area contributed by atoms with Gasteiger partial charge in [0.2, 0.25) is 5.91 Å². The van der Waals surface area contributed by atoms with E-state index in [-0.39, 0.29) is 25.0 Å². The van der Waals surface area contributed by atoms with Crippen LogP contribution in [0.4, 0.5) is 0 Å². The summed E-state index contributed by atoms with van der Waals surface area (Å²) in [6, 6.07) is -0.984. The maximum absolute atomic E-state index is 12.0. The first-order valence-corrected chi connectivity index (χ1v) is 5.95. The molecule has 1 saturated heterocycles. The van der Waals surface area contributed by atoms with Crippen LogP contribution < -0.4 is 5.73 Å². The number of amides is 1. The van der Waals surface area contributed by atoms with Crippen LogP contribution in [0.2, 0.25) is 0 Å². The molecule has 1 heterocycles. The van der Waals surface area contributed by atoms with Gasteiger partial charge < -0.3 is 20.5 Å². The number of nitrogens with zero attached hydrogens (tertiary/aromatic N) is 1. The van der Waals surface area contributed by atoms with Crippen molar-refractivity contribution >= 4 is 11.9 Å². The number of carboxylic acid groups (broad SMARTS) is 1. The van der Waals surface area contributed by atoms with E-state index in [4.69, 9.17) is 15.6 Å². The fourth-order valence-electron chi connectivity index (χ4n) is 2.12. The Kier molecular flexibility index (Phi) is 3.63. The number of hydrogen-bond donors (Lipinski definition) is 2. The molecule has 0 aromatic carbocycles. The van der Waals surface area contributed by atoms with Gasteiger partial charge >= 0.3 is 5.97 Å². The number of ether oxygens (including phenoxy) is 1. The number of hydrogen-bond acceptors (Lipinski definition) is 4. The highest BCUT2D eigenvalue weighted by molar-refractivity contribution is 5.84. The van der Waals surface area contributed by atoms with Crippen molar-refractivity contribution in [2.45, 2.75) is 31.3 Å². The lowest BCUT2D eigenvalue weighted by Gasteiger charge is -2.33. The number of carbonyl (C=O) groups excluding carboxylic acids is 1. The molecule has 2 unspecified atom stereocenters. The minimum atomic E-state index is -1.02. The molecule has 1 amide bonds. The van der Waals surface area contributed by atoms with Crippen molar-refractivity contribution in [1.82, 2.24) is 4.90 Å². The second-order valence-electron chi connectivity index (χ2n) is 4.72. The van der Waals surface area contributed by atoms with E-state index in [1.807, 2.05) is 0 Å². The third-order valence-electron chi connectivity index (χ3n) is 3.37. The molecule has 2 atom stereocenters. The van der Waals surface area contributed by atoms with Crippen molar-refractivity contribution < 1.29 is 19.4 Å². The van der Waals surface area contributed by atoms with E-state index in [1.165, 1.54) is 4.90 Å². The topological polar surface area (TPSA) is 92.9 Å². The number of carbonyl (C=O) groups is 2. The molecule has 6 heteroatoms. The Morgan fingerprint density at radius 2 is 2.18 bits per heavy atom. The summed E-state index contributed by atoms with van der Waals surface area (Å²) in [5.74, 6) is -0.735. The Balaban J connectivity index is 1.92. The van der Waals surface area contributed by atoms with Crippen molar-refractivity contribution in [1.29, 1.82) is 0 Å². The minimum Gasteiger partial charge on any atom is -0.480 e. The maximum atomic E-state index is 12.0. The van der Waals surface area contributed by atoms with Crippen LogP contribution in [0.1, 0.15) is 19.3 Å². The largest absolute Gasteiger partial charge is 0.480 e. The molecule has 2 fully saturated rings. The molecule has 96 valence electrons. The molecule has 17 heavy (non-hydrogen) atoms. The minimum absolute atomic E-state index is 0.0692. The molecule has 0 radical (unpaired) electrons. The summed E-state index contributed by atoms with van der Waals surface area (Å²) in [6.07, 6.45) is 2.41. The first kappa shape index (κ1) is 12.3. The van der Waals surface area contributed by atoms with Gasteiger partial charge in [0, 0.05) is 19.0 Å². The third-order valence-corrected chi connectivity index (χ3v) is 3.37. The molecule has 0 bridgehead atoms. The molecule has 1 aliphatic heterocycles. The molecule has 0 aromatic rings. The van der Waals surface area contributed by atoms with Crippen LogP contribution in [0.5, 0.6) is 0 Å². The number of aliphatic carboxylic acids is 1. The SMILES string of the molecule is NC(CC(=O)N1CCOCC1C(=O)O)C1CC1. The van der Waals surface area contributed by atoms with Gasteiger partial charge in [-0.05, 0) is 18.8 Å². The standard InChI is InChI=1S/C11H18N2O4/c12-8(7-1-2-7)5-10(14)13-3-4-17-6-9(13)11(15)16/h7-9H,1-6,12H2,(H,15,16). The Labute approximate surface area is 99.7 Å². The van der Waals surface area contributed by atoms with Crippen LogP contribution in [-0.4, -0.2) is 53.7 Å². The molecule has 6 nitrogen and oxygen atoms in total. The van der Waals surface area contributed by atoms with Crippen LogP contribution in [-0.2, 0) is 14.3 Å². The Hall–Kier alpha value is -1.14. The third kappa shape index (κ3) is 2.95. The molecular formula is C11H18N2O4. The highest BCUT2D eigenvalue weighted by Gasteiger charge is 2.36. The average molecular weight is 242 g/mol. The quantitative estimate of drug-likeness (QED) is 0.688. The molecular weight excluding hydrogens is 224 g/mol. The van der Waals surface area contributed by atoms with E-state index in [0.29, 0.717) is 19.1 Å². The monoisotopic (exact) mass is 242 g/mol. The highest BCUT2D eigenvalue weighted by Crippen LogP contribution is 2.33. The fourth-order valence-corrected chi connectivity index (χ4v) is 2.12. The van der Waals surface area contributed by atoms with E-state index < -0.39 is 12.0 Å². The van der Waals surface area contributed by atoms with Crippen LogP contribution >= 0.6 is 0 Å². The van der Waals surface area contributed by atoms with Gasteiger partial charge in [-0.15, -0.1) is 0 Å². The summed E-state index contributed by atoms with van der Waals surface area (Å²) in [6.45, 7) is 0.807. The zero-order valence-electron chi connectivity index (χ0n) is 9.67. The first-order valence-electron chi connectivity index (χ1n) is 5.95. The lowest BCUT2D eigenvalue weighted by Crippen LogP contribution is -2.53. The average Bonchev–Trinajstić information content (AvgIpc) is 3.12. The Morgan fingerprint density at radius 3 is 2.76 bits per heavy atom. The molecule has 0 aromatic heterocycles. The lowest BCUT2D eigenvalue weighted by molar-refractivity contribution is -0.158. The van der Waals surface area contributed by atoms with Crippen molar-refractivity contribution in [2.24, 2.45) is 11.7 Å². The number of carboxylic acids is 1. The van der Waals surface area contributed by atoms with Gasteiger partial charge in [-0.1, -0.05) is 0 Å². The second kappa shape index (κ2) is 5.01. The summed E-state index contributed by atoms with van der Waals surface area (Å²) in [7, 11) is 0. The van der Waals surface area contributed by atoms with E-state index >= 15 is 0 Å². The predicted molar refractivity (Wildman–Crippen MR) is 59.3 cm³/mol. The van der Waals surface area contributed by atoms with E-state index in [0.717, 1.165) is 12.8 Å². The van der Waals surface area contributed by atoms with E-state index in [2.05, 4.69) is 0 Å². The molecule has 0 spiro atoms. The highest BCUT2D eigenvalue weighted by atomic mass is 16.5. The first-order chi connectivity index (χ1) is 8.09. The zero-order chi connectivity index (χ0) is 12.4. The molecule has 2 rings (SSSR count). The molecule has 2 aliphatic rings. The zero-order valence-corrected chi connectivity index (χ0v) is 9.67. The van der Waals surface area contributed by atoms with Crippen LogP contribution in [0, 0.1) is 5.92 Å². The number of morpholine rings is 1. The Bertz CT molecular complexity index is 317. The molecule has 1 aliphatic carbocycles. The normalized spacial score (nSPS) is 26.6. The van der Waals surface area contributed by atoms with Crippen molar-refractivity contribution in [3.05, 3.63) is 0 Å². The number of nitrogens with two attached hydrogens (primary N) is 1. The molecule has 1 saturated carbocycles. The van der Waals surface area contributed by atoms with E-state index in [1.54, 1.807) is 0 Å². The van der Waals surface area contributed by atoms with Crippen LogP contribution in [0.3, 0.4) is 0 Å². The second-order valence-corrected chi connectivity index (χ2v) is 4.72. The number of rotatable bonds is 4. The van der Waals surface area contributed by atoms with Gasteiger partial charge in [0.25, 0.3) is 0 Å². The molecule has 3 N–H and O–H groups in total. The fraction of sp³-hybridized carbons (Fsp3) is 0.818. The van der Waals surface area contributed by atoms with Gasteiger partial charge in [0.05, 0.1) is 13.2 Å². The Morgan fingerprint density at radius 1 is 1.47 bits per heavy atom. The smallest absolute Gasteiger partial charge is 0.328 e. The summed E-state index contributed by atoms with van der Waals surface area (Å²) in [4.78, 5) is 24.4. The predicted octanol–water partition coefficient (Wildman–Crippen LogP) is -0.574. The van der Waals surface area contributed by atoms with Crippen molar-refractivity contribution in [3.63, 3.8) is 0 Å². The maximum Gasteiger partial charge on any atom is 0.328 e. The lowest BCUT2D eigenvalue weighted by atomic mass is 10.1. The van der Waals surface area contributed by atoms with Gasteiger partial charge in [-0.3, -0.25) is 4.79 Å². The summed E-state index contributed by atoms with van der Waals surface area (Å²) in [5, 5.41) is 9.01. The van der Waals surface area contributed by atoms with Gasteiger partial charge in [-0.25, -0.2) is 4.79 Å². The van der Waals surface area contributed by atoms with Gasteiger partial charge in [0.1, 0.15) is 0 Å².